The van der Waals surface area contributed by atoms with E-state index in [0.717, 1.165) is 18.0 Å². The second-order valence-corrected chi connectivity index (χ2v) is 3.19. The predicted octanol–water partition coefficient (Wildman–Crippen LogP) is 1.63. The van der Waals surface area contributed by atoms with Crippen molar-refractivity contribution in [2.45, 2.75) is 13.8 Å². The van der Waals surface area contributed by atoms with Gasteiger partial charge in [0.05, 0.1) is 0 Å². The number of nitrogens with zero attached hydrogens (tertiary/aromatic N) is 2. The highest BCUT2D eigenvalue weighted by atomic mass is 32.1. The van der Waals surface area contributed by atoms with Crippen molar-refractivity contribution >= 4 is 17.4 Å². The van der Waals surface area contributed by atoms with E-state index in [-0.39, 0.29) is 5.91 Å². The molecule has 12 heavy (non-hydrogen) atoms. The lowest BCUT2D eigenvalue weighted by atomic mass is 10.4. The number of hydrogen-bond acceptors (Lipinski definition) is 3. The van der Waals surface area contributed by atoms with Crippen LogP contribution < -0.4 is 0 Å². The average molecular weight is 184 g/mol. The highest BCUT2D eigenvalue weighted by Gasteiger charge is 2.12. The minimum atomic E-state index is 0.0856. The highest BCUT2D eigenvalue weighted by molar-refractivity contribution is 7.08. The maximum absolute atomic E-state index is 11.6. The van der Waals surface area contributed by atoms with Crippen molar-refractivity contribution in [1.29, 1.82) is 0 Å². The van der Waals surface area contributed by atoms with Crippen molar-refractivity contribution < 1.29 is 4.79 Å². The Labute approximate surface area is 76.2 Å². The lowest BCUT2D eigenvalue weighted by Crippen LogP contribution is -2.29. The molecule has 3 nitrogen and oxygen atoms in total. The largest absolute Gasteiger partial charge is 0.338 e. The summed E-state index contributed by atoms with van der Waals surface area (Å²) in [6, 6.07) is 1.76. The van der Waals surface area contributed by atoms with Gasteiger partial charge in [-0.3, -0.25) is 4.79 Å². The molecule has 1 heterocycles. The van der Waals surface area contributed by atoms with Crippen molar-refractivity contribution in [1.82, 2.24) is 9.27 Å². The van der Waals surface area contributed by atoms with Crippen LogP contribution in [0.4, 0.5) is 0 Å². The van der Waals surface area contributed by atoms with Crippen LogP contribution in [0.2, 0.25) is 0 Å². The fourth-order valence-corrected chi connectivity index (χ4v) is 1.56. The van der Waals surface area contributed by atoms with Crippen molar-refractivity contribution in [2.24, 2.45) is 0 Å². The zero-order chi connectivity index (χ0) is 8.97. The number of aromatic nitrogens is 1. The Morgan fingerprint density at radius 1 is 1.58 bits per heavy atom. The standard InChI is InChI=1S/C8H12N2OS/c1-3-10(4-2)8(11)7-5-6-9-12-7/h5-6H,3-4H2,1-2H3. The molecule has 0 N–H and O–H groups in total. The number of carbonyl (C=O) groups is 1. The Morgan fingerprint density at radius 3 is 2.67 bits per heavy atom. The molecule has 0 spiro atoms. The molecule has 0 radical (unpaired) electrons. The van der Waals surface area contributed by atoms with E-state index >= 15 is 0 Å². The van der Waals surface area contributed by atoms with Crippen LogP contribution in [0, 0.1) is 0 Å². The van der Waals surface area contributed by atoms with Crippen LogP contribution in [0.5, 0.6) is 0 Å². The maximum Gasteiger partial charge on any atom is 0.265 e. The third-order valence-corrected chi connectivity index (χ3v) is 2.43. The number of carbonyl (C=O) groups excluding carboxylic acids is 1. The van der Waals surface area contributed by atoms with Crippen molar-refractivity contribution in [3.8, 4) is 0 Å². The van der Waals surface area contributed by atoms with Gasteiger partial charge in [0.25, 0.3) is 5.91 Å². The first kappa shape index (κ1) is 9.19. The molecule has 0 aliphatic heterocycles. The number of rotatable bonds is 3. The van der Waals surface area contributed by atoms with Crippen LogP contribution in [0.25, 0.3) is 0 Å². The van der Waals surface area contributed by atoms with E-state index in [1.807, 2.05) is 13.8 Å². The monoisotopic (exact) mass is 184 g/mol. The molecule has 0 aromatic carbocycles. The van der Waals surface area contributed by atoms with Gasteiger partial charge in [0.1, 0.15) is 4.88 Å². The summed E-state index contributed by atoms with van der Waals surface area (Å²) >= 11 is 1.25. The van der Waals surface area contributed by atoms with E-state index in [1.165, 1.54) is 11.5 Å². The van der Waals surface area contributed by atoms with Gasteiger partial charge < -0.3 is 4.90 Å². The van der Waals surface area contributed by atoms with Crippen LogP contribution in [-0.2, 0) is 0 Å². The van der Waals surface area contributed by atoms with Gasteiger partial charge in [-0.1, -0.05) is 0 Å². The van der Waals surface area contributed by atoms with Gasteiger partial charge in [0.15, 0.2) is 0 Å². The molecule has 66 valence electrons. The first-order valence-electron chi connectivity index (χ1n) is 3.99. The lowest BCUT2D eigenvalue weighted by molar-refractivity contribution is 0.0778. The fraction of sp³-hybridized carbons (Fsp3) is 0.500. The molecule has 0 saturated heterocycles. The second kappa shape index (κ2) is 4.21. The zero-order valence-electron chi connectivity index (χ0n) is 7.28. The minimum absolute atomic E-state index is 0.0856. The molecule has 4 heteroatoms. The molecule has 1 aromatic heterocycles. The zero-order valence-corrected chi connectivity index (χ0v) is 8.10. The SMILES string of the molecule is CCN(CC)C(=O)c1ccns1. The Balaban J connectivity index is 2.70. The van der Waals surface area contributed by atoms with Gasteiger partial charge in [-0.15, -0.1) is 0 Å². The quantitative estimate of drug-likeness (QED) is 0.715. The van der Waals surface area contributed by atoms with E-state index < -0.39 is 0 Å². The maximum atomic E-state index is 11.6. The Hall–Kier alpha value is -0.900. The Morgan fingerprint density at radius 2 is 2.25 bits per heavy atom. The van der Waals surface area contributed by atoms with E-state index in [0.29, 0.717) is 0 Å². The van der Waals surface area contributed by atoms with Crippen LogP contribution in [0.15, 0.2) is 12.3 Å². The van der Waals surface area contributed by atoms with E-state index in [1.54, 1.807) is 17.2 Å². The molecule has 0 bridgehead atoms. The third-order valence-electron chi connectivity index (χ3n) is 1.70. The van der Waals surface area contributed by atoms with E-state index in [2.05, 4.69) is 4.37 Å². The molecule has 0 unspecified atom stereocenters. The van der Waals surface area contributed by atoms with Crippen LogP contribution in [0.3, 0.4) is 0 Å². The van der Waals surface area contributed by atoms with Gasteiger partial charge >= 0.3 is 0 Å². The van der Waals surface area contributed by atoms with Gasteiger partial charge in [-0.25, -0.2) is 4.37 Å². The molecule has 1 rings (SSSR count). The molecule has 0 fully saturated rings. The Kier molecular flexibility index (Phi) is 3.22. The van der Waals surface area contributed by atoms with Crippen molar-refractivity contribution in [2.75, 3.05) is 13.1 Å². The fourth-order valence-electron chi connectivity index (χ4n) is 0.993. The van der Waals surface area contributed by atoms with E-state index in [9.17, 15) is 4.79 Å². The summed E-state index contributed by atoms with van der Waals surface area (Å²) in [5.41, 5.74) is 0. The molecule has 0 aliphatic rings. The molecule has 1 aromatic rings. The molecule has 0 atom stereocenters. The van der Waals surface area contributed by atoms with Crippen LogP contribution in [-0.4, -0.2) is 28.3 Å². The summed E-state index contributed by atoms with van der Waals surface area (Å²) in [6.45, 7) is 5.46. The molecular weight excluding hydrogens is 172 g/mol. The average Bonchev–Trinajstić information content (AvgIpc) is 2.58. The second-order valence-electron chi connectivity index (χ2n) is 2.35. The third kappa shape index (κ3) is 1.82. The molecule has 0 saturated carbocycles. The number of amides is 1. The molecule has 1 amide bonds. The normalized spacial score (nSPS) is 9.83. The van der Waals surface area contributed by atoms with Gasteiger partial charge in [-0.2, -0.15) is 0 Å². The Bertz CT molecular complexity index is 242. The van der Waals surface area contributed by atoms with Crippen molar-refractivity contribution in [3.05, 3.63) is 17.1 Å². The van der Waals surface area contributed by atoms with Crippen LogP contribution in [0.1, 0.15) is 23.5 Å². The van der Waals surface area contributed by atoms with Gasteiger partial charge in [0.2, 0.25) is 0 Å². The highest BCUT2D eigenvalue weighted by Crippen LogP contribution is 2.08. The molecular formula is C8H12N2OS. The summed E-state index contributed by atoms with van der Waals surface area (Å²) in [4.78, 5) is 14.1. The summed E-state index contributed by atoms with van der Waals surface area (Å²) < 4.78 is 3.89. The minimum Gasteiger partial charge on any atom is -0.338 e. The summed E-state index contributed by atoms with van der Waals surface area (Å²) in [7, 11) is 0. The van der Waals surface area contributed by atoms with E-state index in [4.69, 9.17) is 0 Å². The first-order valence-corrected chi connectivity index (χ1v) is 4.76. The molecule has 0 aliphatic carbocycles. The first-order chi connectivity index (χ1) is 5.79. The topological polar surface area (TPSA) is 33.2 Å². The van der Waals surface area contributed by atoms with Gasteiger partial charge in [0, 0.05) is 19.3 Å². The summed E-state index contributed by atoms with van der Waals surface area (Å²) in [5, 5.41) is 0. The van der Waals surface area contributed by atoms with Crippen molar-refractivity contribution in [3.63, 3.8) is 0 Å². The smallest absolute Gasteiger partial charge is 0.265 e. The summed E-state index contributed by atoms with van der Waals surface area (Å²) in [6.07, 6.45) is 1.65. The summed E-state index contributed by atoms with van der Waals surface area (Å²) in [5.74, 6) is 0.0856. The predicted molar refractivity (Wildman–Crippen MR) is 49.4 cm³/mol. The lowest BCUT2D eigenvalue weighted by Gasteiger charge is -2.16. The van der Waals surface area contributed by atoms with Gasteiger partial charge in [-0.05, 0) is 31.4 Å². The van der Waals surface area contributed by atoms with Crippen LogP contribution >= 0.6 is 11.5 Å². The number of hydrogen-bond donors (Lipinski definition) is 0.